The van der Waals surface area contributed by atoms with E-state index in [0.717, 1.165) is 0 Å². The van der Waals surface area contributed by atoms with Gasteiger partial charge in [-0.15, -0.1) is 0 Å². The van der Waals surface area contributed by atoms with Crippen LogP contribution in [-0.4, -0.2) is 18.1 Å². The van der Waals surface area contributed by atoms with Crippen LogP contribution in [0.5, 0.6) is 5.75 Å². The molecule has 0 bridgehead atoms. The lowest BCUT2D eigenvalue weighted by Gasteiger charge is -2.16. The fraction of sp³-hybridized carbons (Fsp3) is 0.0714. The number of hydrogen-bond donors (Lipinski definition) is 0. The Balaban J connectivity index is 2.12. The molecule has 0 radical (unpaired) electrons. The Hall–Kier alpha value is -2.89. The molecule has 0 N–H and O–H groups in total. The molecule has 0 aromatic heterocycles. The molecule has 2 aromatic carbocycles. The second-order valence-corrected chi connectivity index (χ2v) is 4.02. The van der Waals surface area contributed by atoms with Crippen LogP contribution < -0.4 is 9.64 Å². The van der Waals surface area contributed by atoms with E-state index in [1.165, 1.54) is 29.2 Å². The number of non-ortho nitro benzene ring substituents is 1. The highest BCUT2D eigenvalue weighted by atomic mass is 16.6. The summed E-state index contributed by atoms with van der Waals surface area (Å²) < 4.78 is 5.10. The summed E-state index contributed by atoms with van der Waals surface area (Å²) in [7, 11) is 1.56. The molecule has 6 nitrogen and oxygen atoms in total. The van der Waals surface area contributed by atoms with Gasteiger partial charge in [0.2, 0.25) is 0 Å². The van der Waals surface area contributed by atoms with Crippen LogP contribution >= 0.6 is 0 Å². The van der Waals surface area contributed by atoms with Gasteiger partial charge in [-0.05, 0) is 18.2 Å². The standard InChI is InChI=1S/C14H12N2O4/c1-15(11-6-3-2-4-7-11)14(17)20-13-9-5-8-12(10-13)16(18)19/h2-10H,1H3. The van der Waals surface area contributed by atoms with Crippen LogP contribution in [0.2, 0.25) is 0 Å². The van der Waals surface area contributed by atoms with Crippen molar-refractivity contribution in [2.45, 2.75) is 0 Å². The van der Waals surface area contributed by atoms with Crippen molar-refractivity contribution in [3.8, 4) is 5.75 Å². The van der Waals surface area contributed by atoms with Gasteiger partial charge in [-0.2, -0.15) is 0 Å². The van der Waals surface area contributed by atoms with E-state index in [0.29, 0.717) is 5.69 Å². The highest BCUT2D eigenvalue weighted by Crippen LogP contribution is 2.20. The number of anilines is 1. The van der Waals surface area contributed by atoms with Crippen molar-refractivity contribution in [3.05, 3.63) is 64.7 Å². The van der Waals surface area contributed by atoms with Crippen molar-refractivity contribution < 1.29 is 14.5 Å². The molecule has 6 heteroatoms. The zero-order chi connectivity index (χ0) is 14.5. The lowest BCUT2D eigenvalue weighted by molar-refractivity contribution is -0.384. The summed E-state index contributed by atoms with van der Waals surface area (Å²) in [4.78, 5) is 23.4. The van der Waals surface area contributed by atoms with Crippen molar-refractivity contribution in [2.24, 2.45) is 0 Å². The molecule has 20 heavy (non-hydrogen) atoms. The zero-order valence-electron chi connectivity index (χ0n) is 10.7. The maximum absolute atomic E-state index is 11.9. The number of benzene rings is 2. The average molecular weight is 272 g/mol. The number of carbonyl (C=O) groups excluding carboxylic acids is 1. The van der Waals surface area contributed by atoms with E-state index >= 15 is 0 Å². The average Bonchev–Trinajstić information content (AvgIpc) is 2.47. The van der Waals surface area contributed by atoms with E-state index in [9.17, 15) is 14.9 Å². The molecule has 0 aliphatic carbocycles. The van der Waals surface area contributed by atoms with Crippen molar-refractivity contribution in [3.63, 3.8) is 0 Å². The topological polar surface area (TPSA) is 72.7 Å². The number of para-hydroxylation sites is 1. The second-order valence-electron chi connectivity index (χ2n) is 4.02. The summed E-state index contributed by atoms with van der Waals surface area (Å²) in [6.45, 7) is 0. The van der Waals surface area contributed by atoms with E-state index in [2.05, 4.69) is 0 Å². The smallest absolute Gasteiger partial charge is 0.410 e. The van der Waals surface area contributed by atoms with Crippen molar-refractivity contribution in [1.29, 1.82) is 0 Å². The minimum Gasteiger partial charge on any atom is -0.410 e. The molecule has 0 heterocycles. The van der Waals surface area contributed by atoms with Crippen LogP contribution in [-0.2, 0) is 0 Å². The van der Waals surface area contributed by atoms with Crippen LogP contribution in [0.1, 0.15) is 0 Å². The quantitative estimate of drug-likeness (QED) is 0.635. The number of nitro benzene ring substituents is 1. The molecule has 0 aliphatic rings. The van der Waals surface area contributed by atoms with E-state index in [1.54, 1.807) is 31.3 Å². The van der Waals surface area contributed by atoms with Gasteiger partial charge in [0, 0.05) is 18.8 Å². The van der Waals surface area contributed by atoms with E-state index in [1.807, 2.05) is 6.07 Å². The maximum Gasteiger partial charge on any atom is 0.419 e. The molecule has 102 valence electrons. The minimum atomic E-state index is -0.614. The molecule has 2 aromatic rings. The molecule has 0 saturated heterocycles. The van der Waals surface area contributed by atoms with Gasteiger partial charge in [-0.25, -0.2) is 4.79 Å². The van der Waals surface area contributed by atoms with Crippen molar-refractivity contribution in [1.82, 2.24) is 0 Å². The number of nitro groups is 1. The van der Waals surface area contributed by atoms with Gasteiger partial charge in [0.25, 0.3) is 5.69 Å². The first-order valence-corrected chi connectivity index (χ1v) is 5.83. The molecule has 1 amide bonds. The van der Waals surface area contributed by atoms with Gasteiger partial charge >= 0.3 is 6.09 Å². The van der Waals surface area contributed by atoms with E-state index in [-0.39, 0.29) is 11.4 Å². The Morgan fingerprint density at radius 3 is 2.50 bits per heavy atom. The Morgan fingerprint density at radius 1 is 1.15 bits per heavy atom. The van der Waals surface area contributed by atoms with Gasteiger partial charge in [-0.1, -0.05) is 24.3 Å². The molecule has 0 atom stereocenters. The first kappa shape index (κ1) is 13.5. The zero-order valence-corrected chi connectivity index (χ0v) is 10.7. The Kier molecular flexibility index (Phi) is 3.95. The first-order chi connectivity index (χ1) is 9.58. The van der Waals surface area contributed by atoms with Crippen LogP contribution in [0.25, 0.3) is 0 Å². The highest BCUT2D eigenvalue weighted by Gasteiger charge is 2.14. The number of nitrogens with zero attached hydrogens (tertiary/aromatic N) is 2. The van der Waals surface area contributed by atoms with Crippen LogP contribution in [0.4, 0.5) is 16.2 Å². The number of hydrogen-bond acceptors (Lipinski definition) is 4. The molecule has 0 saturated carbocycles. The number of carbonyl (C=O) groups is 1. The first-order valence-electron chi connectivity index (χ1n) is 5.83. The van der Waals surface area contributed by atoms with Gasteiger partial charge in [-0.3, -0.25) is 15.0 Å². The SMILES string of the molecule is CN(C(=O)Oc1cccc([N+](=O)[O-])c1)c1ccccc1. The molecule has 2 rings (SSSR count). The van der Waals surface area contributed by atoms with Gasteiger partial charge in [0.15, 0.2) is 0 Å². The third-order valence-electron chi connectivity index (χ3n) is 2.65. The third kappa shape index (κ3) is 3.11. The molecular weight excluding hydrogens is 260 g/mol. The molecule has 0 unspecified atom stereocenters. The normalized spacial score (nSPS) is 9.85. The van der Waals surface area contributed by atoms with Crippen LogP contribution in [0.3, 0.4) is 0 Å². The molecule has 0 spiro atoms. The molecular formula is C14H12N2O4. The molecule has 0 aliphatic heterocycles. The van der Waals surface area contributed by atoms with Gasteiger partial charge in [0.1, 0.15) is 5.75 Å². The number of ether oxygens (including phenoxy) is 1. The summed E-state index contributed by atoms with van der Waals surface area (Å²) in [5.41, 5.74) is 0.542. The fourth-order valence-corrected chi connectivity index (χ4v) is 1.59. The fourth-order valence-electron chi connectivity index (χ4n) is 1.59. The Bertz CT molecular complexity index is 628. The largest absolute Gasteiger partial charge is 0.419 e. The Morgan fingerprint density at radius 2 is 1.85 bits per heavy atom. The summed E-state index contributed by atoms with van der Waals surface area (Å²) in [5, 5.41) is 10.6. The number of rotatable bonds is 3. The monoisotopic (exact) mass is 272 g/mol. The maximum atomic E-state index is 11.9. The predicted octanol–water partition coefficient (Wildman–Crippen LogP) is 3.23. The lowest BCUT2D eigenvalue weighted by Crippen LogP contribution is -2.29. The summed E-state index contributed by atoms with van der Waals surface area (Å²) in [6, 6.07) is 14.4. The van der Waals surface area contributed by atoms with Crippen molar-refractivity contribution in [2.75, 3.05) is 11.9 Å². The predicted molar refractivity (Wildman–Crippen MR) is 74.0 cm³/mol. The van der Waals surface area contributed by atoms with Gasteiger partial charge < -0.3 is 4.74 Å². The summed E-state index contributed by atoms with van der Waals surface area (Å²) in [5.74, 6) is 0.131. The van der Waals surface area contributed by atoms with Crippen LogP contribution in [0.15, 0.2) is 54.6 Å². The van der Waals surface area contributed by atoms with E-state index in [4.69, 9.17) is 4.74 Å². The molecule has 0 fully saturated rings. The summed E-state index contributed by atoms with van der Waals surface area (Å²) in [6.07, 6.45) is -0.614. The number of amides is 1. The van der Waals surface area contributed by atoms with Crippen molar-refractivity contribution >= 4 is 17.5 Å². The lowest BCUT2D eigenvalue weighted by atomic mass is 10.3. The minimum absolute atomic E-state index is 0.127. The highest BCUT2D eigenvalue weighted by molar-refractivity contribution is 5.88. The van der Waals surface area contributed by atoms with Crippen LogP contribution in [0, 0.1) is 10.1 Å². The van der Waals surface area contributed by atoms with E-state index < -0.39 is 11.0 Å². The second kappa shape index (κ2) is 5.83. The Labute approximate surface area is 115 Å². The summed E-state index contributed by atoms with van der Waals surface area (Å²) >= 11 is 0. The third-order valence-corrected chi connectivity index (χ3v) is 2.65. The van der Waals surface area contributed by atoms with Gasteiger partial charge in [0.05, 0.1) is 11.0 Å².